The average molecular weight is 227 g/mol. The van der Waals surface area contributed by atoms with Crippen LogP contribution in [0.3, 0.4) is 0 Å². The number of hydrogen-bond donors (Lipinski definition) is 2. The van der Waals surface area contributed by atoms with Gasteiger partial charge in [-0.15, -0.1) is 0 Å². The van der Waals surface area contributed by atoms with Gasteiger partial charge in [0, 0.05) is 0 Å². The van der Waals surface area contributed by atoms with Gasteiger partial charge in [-0.1, -0.05) is 18.2 Å². The Labute approximate surface area is 88.6 Å². The molecule has 1 aliphatic carbocycles. The monoisotopic (exact) mass is 227 g/mol. The predicted octanol–water partition coefficient (Wildman–Crippen LogP) is -0.0776. The van der Waals surface area contributed by atoms with E-state index in [0.717, 1.165) is 0 Å². The van der Waals surface area contributed by atoms with Crippen LogP contribution in [0.4, 0.5) is 0 Å². The third-order valence-electron chi connectivity index (χ3n) is 2.79. The summed E-state index contributed by atoms with van der Waals surface area (Å²) in [5, 5.41) is 8.32. The fraction of sp³-hybridized carbons (Fsp3) is 0.400. The van der Waals surface area contributed by atoms with Crippen molar-refractivity contribution >= 4 is 9.84 Å². The summed E-state index contributed by atoms with van der Waals surface area (Å²) in [5.74, 6) is 0. The minimum atomic E-state index is -3.37. The Kier molecular flexibility index (Phi) is 2.33. The lowest BCUT2D eigenvalue weighted by Gasteiger charge is -2.08. The van der Waals surface area contributed by atoms with E-state index in [1.165, 1.54) is 0 Å². The fourth-order valence-electron chi connectivity index (χ4n) is 1.65. The molecule has 2 atom stereocenters. The van der Waals surface area contributed by atoms with Crippen LogP contribution in [0.25, 0.3) is 0 Å². The van der Waals surface area contributed by atoms with Crippen LogP contribution in [0.5, 0.6) is 0 Å². The van der Waals surface area contributed by atoms with Gasteiger partial charge in [0.1, 0.15) is 0 Å². The topological polar surface area (TPSA) is 80.4 Å². The van der Waals surface area contributed by atoms with E-state index in [4.69, 9.17) is 10.8 Å². The summed E-state index contributed by atoms with van der Waals surface area (Å²) < 4.78 is 24.0. The van der Waals surface area contributed by atoms with Gasteiger partial charge in [-0.25, -0.2) is 8.42 Å². The second-order valence-corrected chi connectivity index (χ2v) is 6.07. The number of aliphatic hydroxyl groups is 1. The van der Waals surface area contributed by atoms with Gasteiger partial charge in [0.25, 0.3) is 0 Å². The molecular formula is C10H13NO3S. The van der Waals surface area contributed by atoms with Gasteiger partial charge in [0.15, 0.2) is 9.84 Å². The molecule has 0 aliphatic heterocycles. The zero-order valence-corrected chi connectivity index (χ0v) is 8.94. The molecular weight excluding hydrogens is 214 g/mol. The number of hydrogen-bond acceptors (Lipinski definition) is 4. The number of nitrogens with two attached hydrogens (primary N) is 1. The first-order chi connectivity index (χ1) is 7.00. The number of rotatable bonds is 3. The molecule has 0 unspecified atom stereocenters. The van der Waals surface area contributed by atoms with E-state index in [0.29, 0.717) is 6.42 Å². The van der Waals surface area contributed by atoms with Crippen molar-refractivity contribution in [3.63, 3.8) is 0 Å². The highest BCUT2D eigenvalue weighted by molar-refractivity contribution is 7.92. The van der Waals surface area contributed by atoms with Crippen LogP contribution < -0.4 is 5.73 Å². The number of sulfone groups is 1. The maximum atomic E-state index is 12.0. The maximum Gasteiger partial charge on any atom is 0.183 e. The largest absolute Gasteiger partial charge is 0.394 e. The molecule has 15 heavy (non-hydrogen) atoms. The second-order valence-electron chi connectivity index (χ2n) is 3.94. The molecule has 0 amide bonds. The average Bonchev–Trinajstić information content (AvgIpc) is 2.94. The van der Waals surface area contributed by atoms with Crippen molar-refractivity contribution in [1.82, 2.24) is 0 Å². The van der Waals surface area contributed by atoms with E-state index in [1.54, 1.807) is 30.3 Å². The van der Waals surface area contributed by atoms with Crippen molar-refractivity contribution in [3.8, 4) is 0 Å². The Morgan fingerprint density at radius 3 is 2.47 bits per heavy atom. The van der Waals surface area contributed by atoms with E-state index < -0.39 is 20.6 Å². The van der Waals surface area contributed by atoms with Gasteiger partial charge in [-0.05, 0) is 18.6 Å². The quantitative estimate of drug-likeness (QED) is 0.757. The lowest BCUT2D eigenvalue weighted by Crippen LogP contribution is -2.34. The summed E-state index contributed by atoms with van der Waals surface area (Å²) in [6.07, 6.45) is 0.334. The van der Waals surface area contributed by atoms with Gasteiger partial charge in [0.05, 0.1) is 22.3 Å². The molecule has 1 aromatic rings. The van der Waals surface area contributed by atoms with E-state index in [-0.39, 0.29) is 11.5 Å². The van der Waals surface area contributed by atoms with Crippen LogP contribution in [-0.2, 0) is 9.84 Å². The standard InChI is InChI=1S/C10H13NO3S/c11-10(7-12)6-9(10)15(13,14)8-4-2-1-3-5-8/h1-5,9,12H,6-7,11H2/t9-,10+/m0/s1. The van der Waals surface area contributed by atoms with Crippen molar-refractivity contribution in [2.45, 2.75) is 22.1 Å². The van der Waals surface area contributed by atoms with Gasteiger partial charge in [-0.2, -0.15) is 0 Å². The Hall–Kier alpha value is -0.910. The van der Waals surface area contributed by atoms with Crippen molar-refractivity contribution in [2.24, 2.45) is 5.73 Å². The molecule has 1 saturated carbocycles. The number of aliphatic hydroxyl groups excluding tert-OH is 1. The van der Waals surface area contributed by atoms with Gasteiger partial charge < -0.3 is 10.8 Å². The molecule has 3 N–H and O–H groups in total. The smallest absolute Gasteiger partial charge is 0.183 e. The van der Waals surface area contributed by atoms with Crippen LogP contribution in [-0.4, -0.2) is 30.9 Å². The molecule has 0 saturated heterocycles. The zero-order valence-electron chi connectivity index (χ0n) is 8.13. The predicted molar refractivity (Wildman–Crippen MR) is 56.0 cm³/mol. The zero-order chi connectivity index (χ0) is 11.1. The second kappa shape index (κ2) is 3.30. The highest BCUT2D eigenvalue weighted by Crippen LogP contribution is 2.41. The SMILES string of the molecule is N[C@@]1(CO)C[C@@H]1S(=O)(=O)c1ccccc1. The molecule has 5 heteroatoms. The van der Waals surface area contributed by atoms with Crippen molar-refractivity contribution < 1.29 is 13.5 Å². The van der Waals surface area contributed by atoms with E-state index in [1.807, 2.05) is 0 Å². The summed E-state index contributed by atoms with van der Waals surface area (Å²) in [4.78, 5) is 0.274. The lowest BCUT2D eigenvalue weighted by atomic mass is 10.3. The molecule has 1 aromatic carbocycles. The molecule has 2 rings (SSSR count). The molecule has 0 spiro atoms. The Morgan fingerprint density at radius 2 is 2.00 bits per heavy atom. The maximum absolute atomic E-state index is 12.0. The fourth-order valence-corrected chi connectivity index (χ4v) is 3.73. The Balaban J connectivity index is 2.32. The normalized spacial score (nSPS) is 30.1. The van der Waals surface area contributed by atoms with Crippen LogP contribution in [0.15, 0.2) is 35.2 Å². The molecule has 4 nitrogen and oxygen atoms in total. The summed E-state index contributed by atoms with van der Waals surface area (Å²) in [6.45, 7) is -0.288. The van der Waals surface area contributed by atoms with Crippen LogP contribution in [0.2, 0.25) is 0 Å². The van der Waals surface area contributed by atoms with Gasteiger partial charge in [-0.3, -0.25) is 0 Å². The summed E-state index contributed by atoms with van der Waals surface area (Å²) in [7, 11) is -3.37. The first kappa shape index (κ1) is 10.6. The van der Waals surface area contributed by atoms with Crippen molar-refractivity contribution in [2.75, 3.05) is 6.61 Å². The summed E-state index contributed by atoms with van der Waals surface area (Å²) in [6, 6.07) is 8.20. The Morgan fingerprint density at radius 1 is 1.40 bits per heavy atom. The first-order valence-corrected chi connectivity index (χ1v) is 6.24. The molecule has 0 aromatic heterocycles. The molecule has 82 valence electrons. The lowest BCUT2D eigenvalue weighted by molar-refractivity contribution is 0.257. The van der Waals surface area contributed by atoms with Crippen LogP contribution >= 0.6 is 0 Å². The van der Waals surface area contributed by atoms with Gasteiger partial charge >= 0.3 is 0 Å². The minimum Gasteiger partial charge on any atom is -0.394 e. The van der Waals surface area contributed by atoms with E-state index >= 15 is 0 Å². The van der Waals surface area contributed by atoms with Crippen LogP contribution in [0, 0.1) is 0 Å². The third-order valence-corrected chi connectivity index (χ3v) is 5.10. The summed E-state index contributed by atoms with van der Waals surface area (Å²) >= 11 is 0. The molecule has 1 fully saturated rings. The van der Waals surface area contributed by atoms with E-state index in [2.05, 4.69) is 0 Å². The molecule has 0 bridgehead atoms. The molecule has 0 heterocycles. The van der Waals surface area contributed by atoms with Gasteiger partial charge in [0.2, 0.25) is 0 Å². The van der Waals surface area contributed by atoms with E-state index in [9.17, 15) is 8.42 Å². The Bertz CT molecular complexity index is 457. The highest BCUT2D eigenvalue weighted by Gasteiger charge is 2.58. The highest BCUT2D eigenvalue weighted by atomic mass is 32.2. The molecule has 1 aliphatic rings. The number of benzene rings is 1. The first-order valence-electron chi connectivity index (χ1n) is 4.69. The minimum absolute atomic E-state index is 0.274. The van der Waals surface area contributed by atoms with Crippen LogP contribution in [0.1, 0.15) is 6.42 Å². The molecule has 0 radical (unpaired) electrons. The third kappa shape index (κ3) is 1.67. The van der Waals surface area contributed by atoms with Crippen molar-refractivity contribution in [1.29, 1.82) is 0 Å². The summed E-state index contributed by atoms with van der Waals surface area (Å²) in [5.41, 5.74) is 4.75. The van der Waals surface area contributed by atoms with Crippen molar-refractivity contribution in [3.05, 3.63) is 30.3 Å².